The van der Waals surface area contributed by atoms with Crippen molar-refractivity contribution < 1.29 is 4.79 Å². The Morgan fingerprint density at radius 1 is 1.10 bits per heavy atom. The Hall–Kier alpha value is -2.43. The van der Waals surface area contributed by atoms with Crippen LogP contribution in [0.15, 0.2) is 36.4 Å². The summed E-state index contributed by atoms with van der Waals surface area (Å²) in [4.78, 5) is 12.0. The number of aryl methyl sites for hydroxylation is 1. The standard InChI is InChI=1S/C15H18N4O/c1-3-11-6-4-5-7-12(11)10-17-15(20)13-8-9-14(16-2)19-18-13/h4-9H,3,10H2,1-2H3,(H,16,19)(H,17,20). The summed E-state index contributed by atoms with van der Waals surface area (Å²) in [6, 6.07) is 11.5. The Balaban J connectivity index is 2.01. The summed E-state index contributed by atoms with van der Waals surface area (Å²) < 4.78 is 0. The van der Waals surface area contributed by atoms with Crippen LogP contribution < -0.4 is 10.6 Å². The number of rotatable bonds is 5. The molecule has 0 aliphatic rings. The van der Waals surface area contributed by atoms with E-state index in [1.54, 1.807) is 19.2 Å². The number of aromatic nitrogens is 2. The summed E-state index contributed by atoms with van der Waals surface area (Å²) in [5, 5.41) is 13.5. The van der Waals surface area contributed by atoms with Crippen molar-refractivity contribution in [3.63, 3.8) is 0 Å². The predicted molar refractivity (Wildman–Crippen MR) is 78.6 cm³/mol. The van der Waals surface area contributed by atoms with Gasteiger partial charge in [-0.1, -0.05) is 31.2 Å². The second kappa shape index (κ2) is 6.65. The summed E-state index contributed by atoms with van der Waals surface area (Å²) in [7, 11) is 1.76. The van der Waals surface area contributed by atoms with Crippen molar-refractivity contribution in [2.75, 3.05) is 12.4 Å². The van der Waals surface area contributed by atoms with Crippen LogP contribution in [0.25, 0.3) is 0 Å². The molecule has 0 aliphatic carbocycles. The Morgan fingerprint density at radius 3 is 2.45 bits per heavy atom. The lowest BCUT2D eigenvalue weighted by Crippen LogP contribution is -2.24. The first-order chi connectivity index (χ1) is 9.74. The van der Waals surface area contributed by atoms with E-state index in [9.17, 15) is 4.79 Å². The number of nitrogens with one attached hydrogen (secondary N) is 2. The second-order valence-electron chi connectivity index (χ2n) is 4.36. The van der Waals surface area contributed by atoms with Gasteiger partial charge in [-0.3, -0.25) is 4.79 Å². The molecule has 0 saturated carbocycles. The van der Waals surface area contributed by atoms with E-state index >= 15 is 0 Å². The van der Waals surface area contributed by atoms with Gasteiger partial charge in [0.25, 0.3) is 5.91 Å². The fraction of sp³-hybridized carbons (Fsp3) is 0.267. The molecule has 1 aromatic carbocycles. The molecule has 1 aromatic heterocycles. The molecule has 2 N–H and O–H groups in total. The van der Waals surface area contributed by atoms with Gasteiger partial charge >= 0.3 is 0 Å². The summed E-state index contributed by atoms with van der Waals surface area (Å²) in [5.41, 5.74) is 2.69. The van der Waals surface area contributed by atoms with Crippen LogP contribution in [-0.4, -0.2) is 23.2 Å². The number of carbonyl (C=O) groups excluding carboxylic acids is 1. The zero-order valence-electron chi connectivity index (χ0n) is 11.7. The first-order valence-corrected chi connectivity index (χ1v) is 6.61. The predicted octanol–water partition coefficient (Wildman–Crippen LogP) is 2.01. The minimum absolute atomic E-state index is 0.217. The highest BCUT2D eigenvalue weighted by atomic mass is 16.1. The van der Waals surface area contributed by atoms with Gasteiger partial charge < -0.3 is 10.6 Å². The molecule has 5 heteroatoms. The van der Waals surface area contributed by atoms with Crippen LogP contribution in [0.2, 0.25) is 0 Å². The SMILES string of the molecule is CCc1ccccc1CNC(=O)c1ccc(NC)nn1. The van der Waals surface area contributed by atoms with Crippen LogP contribution in [0.1, 0.15) is 28.5 Å². The zero-order valence-corrected chi connectivity index (χ0v) is 11.7. The molecule has 1 amide bonds. The fourth-order valence-corrected chi connectivity index (χ4v) is 1.93. The molecule has 0 radical (unpaired) electrons. The Labute approximate surface area is 118 Å². The lowest BCUT2D eigenvalue weighted by atomic mass is 10.1. The van der Waals surface area contributed by atoms with Crippen molar-refractivity contribution in [3.8, 4) is 0 Å². The van der Waals surface area contributed by atoms with Gasteiger partial charge in [-0.25, -0.2) is 0 Å². The molecule has 20 heavy (non-hydrogen) atoms. The lowest BCUT2D eigenvalue weighted by Gasteiger charge is -2.09. The van der Waals surface area contributed by atoms with Crippen molar-refractivity contribution in [2.24, 2.45) is 0 Å². The van der Waals surface area contributed by atoms with Crippen molar-refractivity contribution in [1.82, 2.24) is 15.5 Å². The van der Waals surface area contributed by atoms with E-state index in [-0.39, 0.29) is 5.91 Å². The normalized spacial score (nSPS) is 10.1. The van der Waals surface area contributed by atoms with E-state index in [1.165, 1.54) is 5.56 Å². The molecule has 0 aliphatic heterocycles. The monoisotopic (exact) mass is 270 g/mol. The number of hydrogen-bond donors (Lipinski definition) is 2. The second-order valence-corrected chi connectivity index (χ2v) is 4.36. The molecule has 0 spiro atoms. The van der Waals surface area contributed by atoms with Gasteiger partial charge in [-0.15, -0.1) is 10.2 Å². The Morgan fingerprint density at radius 2 is 1.85 bits per heavy atom. The molecule has 0 saturated heterocycles. The van der Waals surface area contributed by atoms with Crippen LogP contribution in [0.4, 0.5) is 5.82 Å². The van der Waals surface area contributed by atoms with Gasteiger partial charge in [0.1, 0.15) is 5.82 Å². The highest BCUT2D eigenvalue weighted by molar-refractivity contribution is 5.92. The molecule has 2 aromatic rings. The number of amides is 1. The van der Waals surface area contributed by atoms with Gasteiger partial charge in [0.15, 0.2) is 5.69 Å². The van der Waals surface area contributed by atoms with E-state index in [4.69, 9.17) is 0 Å². The first-order valence-electron chi connectivity index (χ1n) is 6.61. The third-order valence-corrected chi connectivity index (χ3v) is 3.09. The topological polar surface area (TPSA) is 66.9 Å². The lowest BCUT2D eigenvalue weighted by molar-refractivity contribution is 0.0945. The van der Waals surface area contributed by atoms with E-state index in [2.05, 4.69) is 33.8 Å². The van der Waals surface area contributed by atoms with Crippen molar-refractivity contribution in [2.45, 2.75) is 19.9 Å². The maximum Gasteiger partial charge on any atom is 0.272 e. The maximum absolute atomic E-state index is 12.0. The van der Waals surface area contributed by atoms with E-state index in [0.29, 0.717) is 18.1 Å². The molecular weight excluding hydrogens is 252 g/mol. The highest BCUT2D eigenvalue weighted by Crippen LogP contribution is 2.09. The number of hydrogen-bond acceptors (Lipinski definition) is 4. The molecule has 0 atom stereocenters. The molecule has 1 heterocycles. The van der Waals surface area contributed by atoms with Crippen LogP contribution in [0.3, 0.4) is 0 Å². The van der Waals surface area contributed by atoms with E-state index < -0.39 is 0 Å². The van der Waals surface area contributed by atoms with Crippen LogP contribution >= 0.6 is 0 Å². The largest absolute Gasteiger partial charge is 0.372 e. The summed E-state index contributed by atoms with van der Waals surface area (Å²) in [6.07, 6.45) is 0.947. The fourth-order valence-electron chi connectivity index (χ4n) is 1.93. The zero-order chi connectivity index (χ0) is 14.4. The van der Waals surface area contributed by atoms with E-state index in [0.717, 1.165) is 12.0 Å². The molecule has 0 bridgehead atoms. The summed E-state index contributed by atoms with van der Waals surface area (Å²) in [6.45, 7) is 2.60. The van der Waals surface area contributed by atoms with Crippen molar-refractivity contribution in [3.05, 3.63) is 53.2 Å². The smallest absolute Gasteiger partial charge is 0.272 e. The third kappa shape index (κ3) is 3.32. The Bertz CT molecular complexity index is 581. The van der Waals surface area contributed by atoms with Crippen molar-refractivity contribution in [1.29, 1.82) is 0 Å². The number of benzene rings is 1. The van der Waals surface area contributed by atoms with E-state index in [1.807, 2.05) is 18.2 Å². The van der Waals surface area contributed by atoms with Gasteiger partial charge in [-0.2, -0.15) is 0 Å². The molecule has 0 fully saturated rings. The maximum atomic E-state index is 12.0. The van der Waals surface area contributed by atoms with Crippen LogP contribution in [0, 0.1) is 0 Å². The van der Waals surface area contributed by atoms with Gasteiger partial charge in [0.2, 0.25) is 0 Å². The number of anilines is 1. The van der Waals surface area contributed by atoms with Gasteiger partial charge in [-0.05, 0) is 29.7 Å². The van der Waals surface area contributed by atoms with Gasteiger partial charge in [0.05, 0.1) is 0 Å². The highest BCUT2D eigenvalue weighted by Gasteiger charge is 2.08. The third-order valence-electron chi connectivity index (χ3n) is 3.09. The average Bonchev–Trinajstić information content (AvgIpc) is 2.53. The summed E-state index contributed by atoms with van der Waals surface area (Å²) >= 11 is 0. The minimum Gasteiger partial charge on any atom is -0.372 e. The molecule has 2 rings (SSSR count). The molecular formula is C15H18N4O. The number of nitrogens with zero attached hydrogens (tertiary/aromatic N) is 2. The minimum atomic E-state index is -0.217. The van der Waals surface area contributed by atoms with Crippen LogP contribution in [-0.2, 0) is 13.0 Å². The molecule has 0 unspecified atom stereocenters. The quantitative estimate of drug-likeness (QED) is 0.872. The Kier molecular flexibility index (Phi) is 4.65. The average molecular weight is 270 g/mol. The summed E-state index contributed by atoms with van der Waals surface area (Å²) in [5.74, 6) is 0.420. The van der Waals surface area contributed by atoms with Gasteiger partial charge in [0, 0.05) is 13.6 Å². The van der Waals surface area contributed by atoms with Crippen LogP contribution in [0.5, 0.6) is 0 Å². The molecule has 5 nitrogen and oxygen atoms in total. The number of carbonyl (C=O) groups is 1. The molecule has 104 valence electrons. The van der Waals surface area contributed by atoms with Crippen molar-refractivity contribution >= 4 is 11.7 Å². The first kappa shape index (κ1) is 14.0.